The number of carbonyl (C=O) groups excluding carboxylic acids is 1. The maximum atomic E-state index is 12.2. The fourth-order valence-corrected chi connectivity index (χ4v) is 3.23. The van der Waals surface area contributed by atoms with Crippen LogP contribution < -0.4 is 15.0 Å². The minimum atomic E-state index is -0.855. The topological polar surface area (TPSA) is 114 Å². The van der Waals surface area contributed by atoms with Crippen molar-refractivity contribution in [3.8, 4) is 28.8 Å². The number of benzene rings is 1. The third-order valence-electron chi connectivity index (χ3n) is 3.62. The lowest BCUT2D eigenvalue weighted by molar-refractivity contribution is -0.150. The lowest BCUT2D eigenvalue weighted by Crippen LogP contribution is -2.26. The molecule has 0 saturated carbocycles. The van der Waals surface area contributed by atoms with Gasteiger partial charge in [0.15, 0.2) is 22.8 Å². The summed E-state index contributed by atoms with van der Waals surface area (Å²) in [6.07, 6.45) is 0.907. The van der Waals surface area contributed by atoms with Crippen molar-refractivity contribution in [1.82, 2.24) is 9.97 Å². The molecule has 0 aliphatic carbocycles. The molecule has 148 valence electrons. The van der Waals surface area contributed by atoms with Crippen LogP contribution in [-0.2, 0) is 9.53 Å². The van der Waals surface area contributed by atoms with Crippen molar-refractivity contribution < 1.29 is 19.0 Å². The van der Waals surface area contributed by atoms with E-state index in [0.717, 1.165) is 0 Å². The van der Waals surface area contributed by atoms with Gasteiger partial charge in [-0.1, -0.05) is 11.8 Å². The molecule has 0 amide bonds. The van der Waals surface area contributed by atoms with Crippen LogP contribution in [0.3, 0.4) is 0 Å². The molecule has 2 aromatic rings. The Labute approximate surface area is 174 Å². The molecular formula is C18H18BrN3O5S. The predicted molar refractivity (Wildman–Crippen MR) is 108 cm³/mol. The van der Waals surface area contributed by atoms with Gasteiger partial charge in [0.05, 0.1) is 23.9 Å². The minimum Gasteiger partial charge on any atom is -0.493 e. The van der Waals surface area contributed by atoms with Crippen molar-refractivity contribution in [2.45, 2.75) is 25.1 Å². The van der Waals surface area contributed by atoms with Gasteiger partial charge in [0.25, 0.3) is 5.56 Å². The van der Waals surface area contributed by atoms with Crippen LogP contribution in [0.25, 0.3) is 11.3 Å². The number of nitriles is 1. The number of thioether (sulfide) groups is 1. The molecule has 10 heteroatoms. The van der Waals surface area contributed by atoms with E-state index < -0.39 is 17.6 Å². The van der Waals surface area contributed by atoms with Gasteiger partial charge in [-0.2, -0.15) is 5.26 Å². The van der Waals surface area contributed by atoms with Gasteiger partial charge in [-0.25, -0.2) is 9.78 Å². The molecule has 0 radical (unpaired) electrons. The van der Waals surface area contributed by atoms with E-state index in [1.807, 2.05) is 6.07 Å². The average molecular weight is 468 g/mol. The van der Waals surface area contributed by atoms with Gasteiger partial charge in [0.2, 0.25) is 0 Å². The normalized spacial score (nSPS) is 11.4. The van der Waals surface area contributed by atoms with Crippen LogP contribution in [0, 0.1) is 11.3 Å². The summed E-state index contributed by atoms with van der Waals surface area (Å²) >= 11 is 4.64. The molecule has 0 spiro atoms. The fourth-order valence-electron chi connectivity index (χ4n) is 2.32. The molecule has 1 atom stereocenters. The first-order valence-corrected chi connectivity index (χ1v) is 10.2. The van der Waals surface area contributed by atoms with Crippen LogP contribution in [0.15, 0.2) is 26.6 Å². The molecule has 0 saturated heterocycles. The van der Waals surface area contributed by atoms with Gasteiger partial charge in [-0.05, 0) is 48.2 Å². The Hall–Kier alpha value is -2.51. The number of aromatic nitrogens is 2. The number of nitrogens with zero attached hydrogens (tertiary/aromatic N) is 2. The summed E-state index contributed by atoms with van der Waals surface area (Å²) in [5, 5.41) is 9.75. The quantitative estimate of drug-likeness (QED) is 0.375. The number of nitrogens with one attached hydrogen (secondary N) is 1. The molecule has 28 heavy (non-hydrogen) atoms. The van der Waals surface area contributed by atoms with Gasteiger partial charge >= 0.3 is 5.97 Å². The Balaban J connectivity index is 2.55. The zero-order valence-corrected chi connectivity index (χ0v) is 18.1. The largest absolute Gasteiger partial charge is 0.493 e. The molecule has 1 heterocycles. The Morgan fingerprint density at radius 1 is 1.46 bits per heavy atom. The highest BCUT2D eigenvalue weighted by Crippen LogP contribution is 2.40. The second-order valence-corrected chi connectivity index (χ2v) is 7.06. The smallest absolute Gasteiger partial charge is 0.347 e. The second kappa shape index (κ2) is 9.61. The number of esters is 1. The SMILES string of the molecule is CCOC(=O)C(C)Oc1c(Br)cc(-c2nc(SC)[nH]c(=O)c2C#N)cc1OC. The van der Waals surface area contributed by atoms with Crippen LogP contribution in [0.5, 0.6) is 11.5 Å². The second-order valence-electron chi connectivity index (χ2n) is 5.41. The number of hydrogen-bond donors (Lipinski definition) is 1. The zero-order chi connectivity index (χ0) is 20.8. The van der Waals surface area contributed by atoms with E-state index >= 15 is 0 Å². The van der Waals surface area contributed by atoms with Gasteiger partial charge in [0.1, 0.15) is 11.6 Å². The predicted octanol–water partition coefficient (Wildman–Crippen LogP) is 3.13. The number of carbonyl (C=O) groups is 1. The van der Waals surface area contributed by atoms with Crippen molar-refractivity contribution in [2.24, 2.45) is 0 Å². The van der Waals surface area contributed by atoms with E-state index in [2.05, 4.69) is 25.9 Å². The van der Waals surface area contributed by atoms with E-state index in [9.17, 15) is 14.9 Å². The van der Waals surface area contributed by atoms with Crippen LogP contribution in [0.2, 0.25) is 0 Å². The third-order valence-corrected chi connectivity index (χ3v) is 4.79. The van der Waals surface area contributed by atoms with Gasteiger partial charge in [0, 0.05) is 5.56 Å². The van der Waals surface area contributed by atoms with Crippen molar-refractivity contribution in [2.75, 3.05) is 20.0 Å². The number of aromatic amines is 1. The number of halogens is 1. The van der Waals surface area contributed by atoms with Crippen molar-refractivity contribution in [3.63, 3.8) is 0 Å². The summed E-state index contributed by atoms with van der Waals surface area (Å²) < 4.78 is 16.5. The molecule has 1 aromatic heterocycles. The first kappa shape index (κ1) is 21.8. The van der Waals surface area contributed by atoms with E-state index in [4.69, 9.17) is 14.2 Å². The monoisotopic (exact) mass is 467 g/mol. The van der Waals surface area contributed by atoms with Crippen molar-refractivity contribution in [1.29, 1.82) is 5.26 Å². The van der Waals surface area contributed by atoms with E-state index in [-0.39, 0.29) is 17.9 Å². The average Bonchev–Trinajstić information content (AvgIpc) is 2.68. The highest BCUT2D eigenvalue weighted by molar-refractivity contribution is 9.10. The van der Waals surface area contributed by atoms with Crippen LogP contribution in [0.1, 0.15) is 19.4 Å². The van der Waals surface area contributed by atoms with Gasteiger partial charge in [-0.15, -0.1) is 0 Å². The summed E-state index contributed by atoms with van der Waals surface area (Å²) in [5.74, 6) is 0.0885. The summed E-state index contributed by atoms with van der Waals surface area (Å²) in [6.45, 7) is 3.52. The molecule has 8 nitrogen and oxygen atoms in total. The molecular weight excluding hydrogens is 450 g/mol. The molecule has 1 aromatic carbocycles. The first-order chi connectivity index (χ1) is 13.4. The summed E-state index contributed by atoms with van der Waals surface area (Å²) in [6, 6.07) is 5.11. The van der Waals surface area contributed by atoms with Gasteiger partial charge < -0.3 is 19.2 Å². The number of hydrogen-bond acceptors (Lipinski definition) is 8. The lowest BCUT2D eigenvalue weighted by atomic mass is 10.1. The summed E-state index contributed by atoms with van der Waals surface area (Å²) in [7, 11) is 1.44. The Morgan fingerprint density at radius 3 is 2.75 bits per heavy atom. The maximum absolute atomic E-state index is 12.2. The zero-order valence-electron chi connectivity index (χ0n) is 15.7. The summed E-state index contributed by atoms with van der Waals surface area (Å²) in [5.41, 5.74) is 0.0703. The molecule has 0 aliphatic heterocycles. The molecule has 1 unspecified atom stereocenters. The highest BCUT2D eigenvalue weighted by Gasteiger charge is 2.22. The fraction of sp³-hybridized carbons (Fsp3) is 0.333. The minimum absolute atomic E-state index is 0.111. The Kier molecular flexibility index (Phi) is 7.48. The first-order valence-electron chi connectivity index (χ1n) is 8.15. The van der Waals surface area contributed by atoms with Crippen molar-refractivity contribution in [3.05, 3.63) is 32.5 Å². The van der Waals surface area contributed by atoms with Crippen LogP contribution >= 0.6 is 27.7 Å². The number of ether oxygens (including phenoxy) is 3. The molecule has 0 fully saturated rings. The highest BCUT2D eigenvalue weighted by atomic mass is 79.9. The van der Waals surface area contributed by atoms with Gasteiger partial charge in [-0.3, -0.25) is 4.79 Å². The standard InChI is InChI=1S/C18H18BrN3O5S/c1-5-26-17(24)9(2)27-15-12(19)6-10(7-13(15)25-3)14-11(8-20)16(23)22-18(21-14)28-4/h6-7,9H,5H2,1-4H3,(H,21,22,23). The number of H-pyrrole nitrogens is 1. The maximum Gasteiger partial charge on any atom is 0.347 e. The molecule has 1 N–H and O–H groups in total. The number of rotatable bonds is 7. The lowest BCUT2D eigenvalue weighted by Gasteiger charge is -2.18. The van der Waals surface area contributed by atoms with E-state index in [1.165, 1.54) is 18.9 Å². The molecule has 2 rings (SSSR count). The van der Waals surface area contributed by atoms with Crippen LogP contribution in [0.4, 0.5) is 0 Å². The van der Waals surface area contributed by atoms with Crippen molar-refractivity contribution >= 4 is 33.7 Å². The third kappa shape index (κ3) is 4.66. The van der Waals surface area contributed by atoms with Crippen LogP contribution in [-0.4, -0.2) is 42.0 Å². The van der Waals surface area contributed by atoms with E-state index in [1.54, 1.807) is 32.2 Å². The Bertz CT molecular complexity index is 986. The number of methoxy groups -OCH3 is 1. The summed E-state index contributed by atoms with van der Waals surface area (Å²) in [4.78, 5) is 30.9. The molecule has 0 aliphatic rings. The molecule has 0 bridgehead atoms. The van der Waals surface area contributed by atoms with E-state index in [0.29, 0.717) is 26.7 Å². The Morgan fingerprint density at radius 2 is 2.18 bits per heavy atom.